The largest absolute Gasteiger partial charge is 0.480 e. The summed E-state index contributed by atoms with van der Waals surface area (Å²) in [6.45, 7) is 2.90. The van der Waals surface area contributed by atoms with Crippen LogP contribution in [0.15, 0.2) is 0 Å². The fraction of sp³-hybridized carbons (Fsp3) is 0.643. The van der Waals surface area contributed by atoms with Crippen molar-refractivity contribution in [2.45, 2.75) is 52.0 Å². The molecular formula is C14H22N2O6. The Bertz CT molecular complexity index is 447. The molecule has 0 unspecified atom stereocenters. The van der Waals surface area contributed by atoms with Crippen LogP contribution in [0, 0.1) is 0 Å². The number of nitrogens with one attached hydrogen (secondary N) is 2. The quantitative estimate of drug-likeness (QED) is 0.358. The summed E-state index contributed by atoms with van der Waals surface area (Å²) in [4.78, 5) is 55.0. The lowest BCUT2D eigenvalue weighted by Gasteiger charge is -2.14. The molecule has 0 aromatic carbocycles. The second-order valence-electron chi connectivity index (χ2n) is 5.06. The molecule has 1 atom stereocenters. The van der Waals surface area contributed by atoms with Crippen molar-refractivity contribution in [2.24, 2.45) is 0 Å². The summed E-state index contributed by atoms with van der Waals surface area (Å²) in [6, 6.07) is -1.06. The molecule has 22 heavy (non-hydrogen) atoms. The van der Waals surface area contributed by atoms with Gasteiger partial charge in [-0.3, -0.25) is 19.2 Å². The van der Waals surface area contributed by atoms with E-state index in [2.05, 4.69) is 10.6 Å². The molecule has 0 aliphatic heterocycles. The zero-order valence-electron chi connectivity index (χ0n) is 12.8. The maximum absolute atomic E-state index is 11.4. The summed E-state index contributed by atoms with van der Waals surface area (Å²) in [5.41, 5.74) is 0. The Morgan fingerprint density at radius 3 is 1.95 bits per heavy atom. The molecule has 0 aliphatic carbocycles. The number of carboxylic acid groups (broad SMARTS) is 1. The second-order valence-corrected chi connectivity index (χ2v) is 5.06. The van der Waals surface area contributed by atoms with Crippen LogP contribution in [0.5, 0.6) is 0 Å². The fourth-order valence-electron chi connectivity index (χ4n) is 1.72. The second kappa shape index (κ2) is 10.5. The van der Waals surface area contributed by atoms with Gasteiger partial charge in [0.15, 0.2) is 0 Å². The minimum atomic E-state index is -1.17. The van der Waals surface area contributed by atoms with Gasteiger partial charge in [-0.2, -0.15) is 0 Å². The molecule has 8 heteroatoms. The molecule has 0 rings (SSSR count). The van der Waals surface area contributed by atoms with Crippen LogP contribution in [-0.2, 0) is 24.0 Å². The number of Topliss-reactive ketones (excluding diaryl/α,β-unsaturated/α-hetero) is 2. The standard InChI is InChI=1S/C14H22N2O6/c1-9(17)7-12(19)15-6-4-3-5-11(14(21)22)16-13(20)8-10(2)18/h11H,3-8H2,1-2H3,(H,15,19)(H,16,20)(H,21,22)/t11-/m1/s1. The Morgan fingerprint density at radius 1 is 0.909 bits per heavy atom. The molecule has 0 aromatic heterocycles. The van der Waals surface area contributed by atoms with Crippen molar-refractivity contribution in [2.75, 3.05) is 6.54 Å². The van der Waals surface area contributed by atoms with Crippen LogP contribution < -0.4 is 10.6 Å². The topological polar surface area (TPSA) is 130 Å². The van der Waals surface area contributed by atoms with E-state index in [1.54, 1.807) is 0 Å². The number of rotatable bonds is 11. The van der Waals surface area contributed by atoms with E-state index in [-0.39, 0.29) is 36.7 Å². The number of hydrogen-bond donors (Lipinski definition) is 3. The van der Waals surface area contributed by atoms with Crippen LogP contribution in [-0.4, -0.2) is 47.0 Å². The highest BCUT2D eigenvalue weighted by atomic mass is 16.4. The highest BCUT2D eigenvalue weighted by molar-refractivity contribution is 5.98. The van der Waals surface area contributed by atoms with E-state index in [4.69, 9.17) is 5.11 Å². The number of unbranched alkanes of at least 4 members (excludes halogenated alkanes) is 1. The number of hydrogen-bond acceptors (Lipinski definition) is 5. The van der Waals surface area contributed by atoms with Crippen molar-refractivity contribution in [1.29, 1.82) is 0 Å². The van der Waals surface area contributed by atoms with Crippen LogP contribution >= 0.6 is 0 Å². The van der Waals surface area contributed by atoms with Crippen molar-refractivity contribution in [3.05, 3.63) is 0 Å². The minimum absolute atomic E-state index is 0.168. The molecule has 0 aliphatic rings. The first-order chi connectivity index (χ1) is 10.2. The van der Waals surface area contributed by atoms with Gasteiger partial charge in [0.2, 0.25) is 11.8 Å². The lowest BCUT2D eigenvalue weighted by atomic mass is 10.1. The SMILES string of the molecule is CC(=O)CC(=O)NCCCC[C@@H](NC(=O)CC(C)=O)C(=O)O. The summed E-state index contributed by atoms with van der Waals surface area (Å²) in [5, 5.41) is 13.8. The first-order valence-electron chi connectivity index (χ1n) is 7.00. The Morgan fingerprint density at radius 2 is 1.45 bits per heavy atom. The number of carbonyl (C=O) groups excluding carboxylic acids is 4. The predicted molar refractivity (Wildman–Crippen MR) is 77.0 cm³/mol. The third-order valence-electron chi connectivity index (χ3n) is 2.69. The normalized spacial score (nSPS) is 11.4. The van der Waals surface area contributed by atoms with E-state index in [9.17, 15) is 24.0 Å². The molecular weight excluding hydrogens is 292 g/mol. The van der Waals surface area contributed by atoms with Crippen LogP contribution in [0.3, 0.4) is 0 Å². The van der Waals surface area contributed by atoms with Gasteiger partial charge in [-0.05, 0) is 33.1 Å². The monoisotopic (exact) mass is 314 g/mol. The van der Waals surface area contributed by atoms with E-state index in [0.717, 1.165) is 0 Å². The average molecular weight is 314 g/mol. The van der Waals surface area contributed by atoms with E-state index in [1.807, 2.05) is 0 Å². The van der Waals surface area contributed by atoms with Gasteiger partial charge in [0.05, 0.1) is 12.8 Å². The Hall–Kier alpha value is -2.25. The zero-order chi connectivity index (χ0) is 17.1. The van der Waals surface area contributed by atoms with Gasteiger partial charge in [-0.15, -0.1) is 0 Å². The van der Waals surface area contributed by atoms with Crippen molar-refractivity contribution < 1.29 is 29.1 Å². The third kappa shape index (κ3) is 10.5. The number of carboxylic acids is 1. The minimum Gasteiger partial charge on any atom is -0.480 e. The lowest BCUT2D eigenvalue weighted by Crippen LogP contribution is -2.41. The molecule has 0 heterocycles. The summed E-state index contributed by atoms with van der Waals surface area (Å²) in [5.74, 6) is -2.71. The highest BCUT2D eigenvalue weighted by Gasteiger charge is 2.19. The third-order valence-corrected chi connectivity index (χ3v) is 2.69. The van der Waals surface area contributed by atoms with Crippen molar-refractivity contribution >= 4 is 29.4 Å². The van der Waals surface area contributed by atoms with E-state index >= 15 is 0 Å². The molecule has 0 saturated heterocycles. The number of carbonyl (C=O) groups is 5. The Balaban J connectivity index is 3.99. The van der Waals surface area contributed by atoms with Crippen LogP contribution in [0.1, 0.15) is 46.0 Å². The van der Waals surface area contributed by atoms with Gasteiger partial charge in [0.25, 0.3) is 0 Å². The van der Waals surface area contributed by atoms with Crippen LogP contribution in [0.4, 0.5) is 0 Å². The first-order valence-corrected chi connectivity index (χ1v) is 7.00. The number of aliphatic carboxylic acids is 1. The smallest absolute Gasteiger partial charge is 0.326 e. The average Bonchev–Trinajstić information content (AvgIpc) is 2.34. The van der Waals surface area contributed by atoms with Gasteiger partial charge < -0.3 is 15.7 Å². The molecule has 0 bridgehead atoms. The van der Waals surface area contributed by atoms with Crippen molar-refractivity contribution in [3.8, 4) is 0 Å². The Labute approximate surface area is 128 Å². The lowest BCUT2D eigenvalue weighted by molar-refractivity contribution is -0.142. The highest BCUT2D eigenvalue weighted by Crippen LogP contribution is 2.02. The van der Waals surface area contributed by atoms with E-state index in [1.165, 1.54) is 13.8 Å². The molecule has 2 amide bonds. The maximum Gasteiger partial charge on any atom is 0.326 e. The van der Waals surface area contributed by atoms with Gasteiger partial charge in [-0.1, -0.05) is 0 Å². The molecule has 0 fully saturated rings. The van der Waals surface area contributed by atoms with E-state index < -0.39 is 17.9 Å². The summed E-state index contributed by atoms with van der Waals surface area (Å²) in [6.07, 6.45) is 0.680. The Kier molecular flexibility index (Phi) is 9.40. The molecule has 124 valence electrons. The zero-order valence-corrected chi connectivity index (χ0v) is 12.8. The molecule has 3 N–H and O–H groups in total. The summed E-state index contributed by atoms with van der Waals surface area (Å²) in [7, 11) is 0. The summed E-state index contributed by atoms with van der Waals surface area (Å²) < 4.78 is 0. The van der Waals surface area contributed by atoms with Crippen LogP contribution in [0.2, 0.25) is 0 Å². The molecule has 8 nitrogen and oxygen atoms in total. The van der Waals surface area contributed by atoms with Gasteiger partial charge >= 0.3 is 5.97 Å². The van der Waals surface area contributed by atoms with Gasteiger partial charge in [-0.25, -0.2) is 4.79 Å². The molecule has 0 spiro atoms. The molecule has 0 aromatic rings. The molecule has 0 saturated carbocycles. The fourth-order valence-corrected chi connectivity index (χ4v) is 1.72. The maximum atomic E-state index is 11.4. The predicted octanol–water partition coefficient (Wildman–Crippen LogP) is -0.199. The van der Waals surface area contributed by atoms with Gasteiger partial charge in [0, 0.05) is 6.54 Å². The number of ketones is 2. The van der Waals surface area contributed by atoms with Crippen LogP contribution in [0.25, 0.3) is 0 Å². The summed E-state index contributed by atoms with van der Waals surface area (Å²) >= 11 is 0. The number of amides is 2. The van der Waals surface area contributed by atoms with Gasteiger partial charge in [0.1, 0.15) is 17.6 Å². The first kappa shape index (κ1) is 19.8. The van der Waals surface area contributed by atoms with E-state index in [0.29, 0.717) is 19.4 Å². The van der Waals surface area contributed by atoms with Crippen molar-refractivity contribution in [3.63, 3.8) is 0 Å². The molecule has 0 radical (unpaired) electrons. The van der Waals surface area contributed by atoms with Crippen molar-refractivity contribution in [1.82, 2.24) is 10.6 Å².